The van der Waals surface area contributed by atoms with Crippen LogP contribution in [0.4, 0.5) is 0 Å². The average molecular weight is 1400 g/mol. The molecule has 0 spiro atoms. The molecule has 16 heterocycles. The van der Waals surface area contributed by atoms with Gasteiger partial charge in [0.25, 0.3) is 5.69 Å². The number of hydrogen-bond donors (Lipinski definition) is 4. The number of para-hydroxylation sites is 3. The van der Waals surface area contributed by atoms with Crippen molar-refractivity contribution in [1.82, 2.24) is 28.5 Å². The van der Waals surface area contributed by atoms with Crippen LogP contribution in [-0.2, 0) is 39.8 Å². The number of nitrogens with zero attached hydrogens (tertiary/aromatic N) is 16. The lowest BCUT2D eigenvalue weighted by atomic mass is 10.0. The molecule has 0 bridgehead atoms. The number of fused-ring (bicyclic) bond motifs is 15. The average Bonchev–Trinajstić information content (AvgIpc) is 1.57. The van der Waals surface area contributed by atoms with Crippen molar-refractivity contribution in [2.45, 2.75) is 32.7 Å². The lowest BCUT2D eigenvalue weighted by molar-refractivity contribution is -0.758. The van der Waals surface area contributed by atoms with Gasteiger partial charge >= 0.3 is 66.0 Å². The Kier molecular flexibility index (Phi) is 15.8. The van der Waals surface area contributed by atoms with Crippen molar-refractivity contribution < 1.29 is 75.1 Å². The molecule has 0 unspecified atom stereocenters. The van der Waals surface area contributed by atoms with Crippen LogP contribution in [0.25, 0.3) is 117 Å². The summed E-state index contributed by atoms with van der Waals surface area (Å²) < 4.78 is 36.8. The largest absolute Gasteiger partial charge is 0.761 e. The Morgan fingerprint density at radius 1 is 0.439 bits per heavy atom. The summed E-state index contributed by atoms with van der Waals surface area (Å²) in [5, 5.41) is 43.3. The van der Waals surface area contributed by atoms with E-state index < -0.39 is 14.6 Å². The van der Waals surface area contributed by atoms with Gasteiger partial charge in [0.05, 0.1) is 31.1 Å². The van der Waals surface area contributed by atoms with Crippen LogP contribution in [0, 0.1) is 0 Å². The van der Waals surface area contributed by atoms with Crippen LogP contribution in [0.5, 0.6) is 0 Å². The number of benzene rings is 7. The molecule has 0 fully saturated rings. The first-order chi connectivity index (χ1) is 52.5. The second kappa shape index (κ2) is 26.2. The number of aromatic nitrogens is 16. The maximum Gasteiger partial charge on any atom is 0.761 e. The highest BCUT2D eigenvalue weighted by Gasteiger charge is 2.43. The van der Waals surface area contributed by atoms with Crippen LogP contribution in [0.1, 0.15) is 27.8 Å². The van der Waals surface area contributed by atoms with Crippen LogP contribution < -0.4 is 55.0 Å². The second-order valence-electron chi connectivity index (χ2n) is 26.9. The van der Waals surface area contributed by atoms with Crippen LogP contribution in [-0.4, -0.2) is 79.2 Å². The molecule has 0 saturated carbocycles. The summed E-state index contributed by atoms with van der Waals surface area (Å²) in [7, 11) is 10.6. The first kappa shape index (κ1) is 64.6. The molecule has 23 rings (SSSR count). The molecule has 107 heavy (non-hydrogen) atoms. The molecule has 4 N–H and O–H groups in total. The summed E-state index contributed by atoms with van der Waals surface area (Å²) in [6, 6.07) is 78.8. The van der Waals surface area contributed by atoms with Gasteiger partial charge in [0.1, 0.15) is 98.0 Å². The molecule has 7 aromatic carbocycles. The Bertz CT molecular complexity index is 6270. The molecule has 5 aliphatic heterocycles. The highest BCUT2D eigenvalue weighted by atomic mass is 16.8. The first-order valence-corrected chi connectivity index (χ1v) is 35.1. The van der Waals surface area contributed by atoms with Gasteiger partial charge in [0, 0.05) is 57.2 Å². The van der Waals surface area contributed by atoms with E-state index in [1.807, 2.05) is 98.8 Å². The van der Waals surface area contributed by atoms with E-state index in [0.717, 1.165) is 87.4 Å². The highest BCUT2D eigenvalue weighted by Crippen LogP contribution is 2.36. The molecule has 11 aromatic heterocycles. The Morgan fingerprint density at radius 3 is 1.55 bits per heavy atom. The van der Waals surface area contributed by atoms with Crippen LogP contribution in [0.15, 0.2) is 299 Å². The van der Waals surface area contributed by atoms with Gasteiger partial charge < -0.3 is 20.1 Å². The summed E-state index contributed by atoms with van der Waals surface area (Å²) in [5.41, 5.74) is 22.0. The number of pyridine rings is 6. The third-order valence-corrected chi connectivity index (χ3v) is 20.4. The molecule has 0 aliphatic carbocycles. The Labute approximate surface area is 614 Å². The molecule has 4 radical (unpaired) electrons. The van der Waals surface area contributed by atoms with Gasteiger partial charge in [-0.25, -0.2) is 27.7 Å². The Balaban J connectivity index is 0.0000000916. The number of aryl methyl sites for hydroxylation is 1. The van der Waals surface area contributed by atoms with Crippen molar-refractivity contribution in [3.63, 3.8) is 0 Å². The molecule has 0 amide bonds. The van der Waals surface area contributed by atoms with Crippen LogP contribution >= 0.6 is 0 Å². The van der Waals surface area contributed by atoms with Crippen molar-refractivity contribution in [2.24, 2.45) is 7.05 Å². The second-order valence-corrected chi connectivity index (χ2v) is 26.9. The maximum absolute atomic E-state index is 9.17. The van der Waals surface area contributed by atoms with Crippen LogP contribution in [0.2, 0.25) is 0 Å². The molecule has 0 atom stereocenters. The highest BCUT2D eigenvalue weighted by molar-refractivity contribution is 6.33. The summed E-state index contributed by atoms with van der Waals surface area (Å²) in [6.07, 6.45) is 21.8. The van der Waals surface area contributed by atoms with Gasteiger partial charge in [-0.2, -0.15) is 4.57 Å². The zero-order chi connectivity index (χ0) is 72.1. The van der Waals surface area contributed by atoms with E-state index in [-0.39, 0.29) is 0 Å². The van der Waals surface area contributed by atoms with E-state index in [0.29, 0.717) is 12.2 Å². The van der Waals surface area contributed by atoms with Crippen molar-refractivity contribution in [3.8, 4) is 62.4 Å². The summed E-state index contributed by atoms with van der Waals surface area (Å²) in [5.74, 6) is 1.02. The van der Waals surface area contributed by atoms with E-state index in [4.69, 9.17) is 45.6 Å². The fourth-order valence-electron chi connectivity index (χ4n) is 16.0. The van der Waals surface area contributed by atoms with Gasteiger partial charge in [-0.3, -0.25) is 14.0 Å². The predicted octanol–water partition coefficient (Wildman–Crippen LogP) is 3.87. The molecular weight excluding hydrogens is 1340 g/mol. The summed E-state index contributed by atoms with van der Waals surface area (Å²) in [4.78, 5) is 7.13. The van der Waals surface area contributed by atoms with E-state index in [1.54, 1.807) is 32.3 Å². The molecule has 508 valence electrons. The molecule has 0 saturated heterocycles. The topological polar surface area (TPSA) is 176 Å². The smallest absolute Gasteiger partial charge is 0.387 e. The maximum atomic E-state index is 9.17. The van der Waals surface area contributed by atoms with Crippen molar-refractivity contribution in [2.75, 3.05) is 0 Å². The van der Waals surface area contributed by atoms with Gasteiger partial charge in [-0.1, -0.05) is 146 Å². The van der Waals surface area contributed by atoms with E-state index in [1.165, 1.54) is 87.7 Å². The number of imidazole rings is 2. The summed E-state index contributed by atoms with van der Waals surface area (Å²) >= 11 is 0. The minimum absolute atomic E-state index is 0.698. The van der Waals surface area contributed by atoms with Crippen molar-refractivity contribution >= 4 is 85.4 Å². The zero-order valence-corrected chi connectivity index (χ0v) is 57.9. The summed E-state index contributed by atoms with van der Waals surface area (Å²) in [6.45, 7) is 4.10. The molecule has 22 nitrogen and oxygen atoms in total. The minimum atomic E-state index is -1.90. The monoisotopic (exact) mass is 1400 g/mol. The quantitative estimate of drug-likeness (QED) is 0.102. The Hall–Kier alpha value is -13.3. The van der Waals surface area contributed by atoms with E-state index in [9.17, 15) is 0 Å². The molecular formula is C81H66B4N16O6+10. The van der Waals surface area contributed by atoms with Crippen molar-refractivity contribution in [3.05, 3.63) is 327 Å². The fourth-order valence-corrected chi connectivity index (χ4v) is 16.0. The lowest BCUT2D eigenvalue weighted by Crippen LogP contribution is -2.49. The zero-order valence-electron chi connectivity index (χ0n) is 57.9. The number of rotatable bonds is 8. The lowest BCUT2D eigenvalue weighted by Gasteiger charge is -2.04. The SMILES string of the molecule is C[n+]1cccc2c1-c1cn(-c3ccccc3)c[n+]1C2.OB(O)On1c[n+]2c3c4c(cccc4c4ccccc4[n+]31)C2.OB(O)On1c[n+]2c3c4c(cccc4c4cccnc4[n+]31)C2.[B][n+]1cccc2c1-[n+]1cc(-c3ccccc3)c(-c3ccccc3)n1C2.[B][n+]1cccc2c1-c1cn(-c3ccccc3)c[n+]1C2. The Morgan fingerprint density at radius 2 is 0.925 bits per heavy atom. The number of hydrogen-bond acceptors (Lipinski definition) is 7. The molecule has 5 aliphatic rings. The normalized spacial score (nSPS) is 12.4. The standard InChI is InChI=1S/C21H16BN3.C16H15N3.C15H12BN3O3.C15H12BN3.C14H11BN4O3/c22-23-13-7-12-18-14-24-20(17-10-5-2-6-11-17)19(15-25(24)21(18)23)16-8-3-1-4-9-16;1-17-9-5-6-13-10-19-12-18(11-15(19)16(13)17)14-7-3-2-4-8-14;20-16(21)22-18-9-17-8-10-4-3-6-12-11-5-1-2-7-13(11)19(18)15(17)14(10)12;16-19-8-4-5-12-9-18-11-17(10-14(18)15(12)19)13-6-2-1-3-7-13;20-15(21)22-18-8-17-7-9-3-1-4-10-11-5-2-6-16-13(11)19(18)14(17)12(9)10/h1-13,15H,14H2;2-9,11-12H,10H2,1H3;1-7,9,20-21H,8H2;1-8,10-11H,9H2;1-6,8,20-21H,7H2/q5*+2. The minimum Gasteiger partial charge on any atom is -0.387 e. The van der Waals surface area contributed by atoms with Gasteiger partial charge in [-0.15, -0.1) is 13.8 Å². The third kappa shape index (κ3) is 11.1. The molecule has 26 heteroatoms. The van der Waals surface area contributed by atoms with Crippen molar-refractivity contribution in [1.29, 1.82) is 0 Å². The fraction of sp³-hybridized carbons (Fsp3) is 0.0741. The van der Waals surface area contributed by atoms with Gasteiger partial charge in [0.2, 0.25) is 41.4 Å². The van der Waals surface area contributed by atoms with E-state index >= 15 is 0 Å². The first-order valence-electron chi connectivity index (χ1n) is 35.1. The third-order valence-electron chi connectivity index (χ3n) is 20.4. The predicted molar refractivity (Wildman–Crippen MR) is 396 cm³/mol. The van der Waals surface area contributed by atoms with Gasteiger partial charge in [0.15, 0.2) is 15.9 Å². The van der Waals surface area contributed by atoms with E-state index in [2.05, 4.69) is 239 Å². The molecule has 18 aromatic rings. The van der Waals surface area contributed by atoms with Crippen LogP contribution in [0.3, 0.4) is 0 Å². The van der Waals surface area contributed by atoms with Gasteiger partial charge in [-0.05, 0) is 77.0 Å².